The Balaban J connectivity index is 0. The standard InChI is InChI=1S/C6H5Br.C4H9NO.C2H6/c7-6-4-2-1-3-5-6;1-3-5-4(2)6;1-2/h1-5H;3H2,1-2H3,(H,5,6);1-2H3. The highest BCUT2D eigenvalue weighted by molar-refractivity contribution is 9.10. The van der Waals surface area contributed by atoms with Crippen LogP contribution in [0, 0.1) is 0 Å². The Bertz CT molecular complexity index is 237. The van der Waals surface area contributed by atoms with E-state index in [1.165, 1.54) is 6.92 Å². The Morgan fingerprint density at radius 3 is 1.87 bits per heavy atom. The minimum absolute atomic E-state index is 0.0394. The van der Waals surface area contributed by atoms with Crippen molar-refractivity contribution in [3.63, 3.8) is 0 Å². The molecule has 1 amide bonds. The highest BCUT2D eigenvalue weighted by Crippen LogP contribution is 2.05. The summed E-state index contributed by atoms with van der Waals surface area (Å²) in [6.45, 7) is 8.13. The van der Waals surface area contributed by atoms with Crippen LogP contribution in [0.3, 0.4) is 0 Å². The van der Waals surface area contributed by atoms with Gasteiger partial charge in [0.25, 0.3) is 0 Å². The minimum Gasteiger partial charge on any atom is -0.357 e. The number of halogens is 1. The van der Waals surface area contributed by atoms with E-state index < -0.39 is 0 Å². The maximum Gasteiger partial charge on any atom is 0.216 e. The van der Waals surface area contributed by atoms with Gasteiger partial charge in [-0.3, -0.25) is 4.79 Å². The van der Waals surface area contributed by atoms with Crippen LogP contribution in [0.5, 0.6) is 0 Å². The number of nitrogens with one attached hydrogen (secondary N) is 1. The van der Waals surface area contributed by atoms with Crippen LogP contribution in [-0.4, -0.2) is 12.5 Å². The molecule has 0 heterocycles. The number of hydrogen-bond acceptors (Lipinski definition) is 1. The van der Waals surface area contributed by atoms with Crippen LogP contribution in [-0.2, 0) is 4.79 Å². The zero-order chi connectivity index (χ0) is 12.1. The van der Waals surface area contributed by atoms with Crippen molar-refractivity contribution >= 4 is 21.8 Å². The fourth-order valence-corrected chi connectivity index (χ4v) is 0.969. The van der Waals surface area contributed by atoms with Gasteiger partial charge in [0.05, 0.1) is 0 Å². The molecule has 15 heavy (non-hydrogen) atoms. The summed E-state index contributed by atoms with van der Waals surface area (Å²) >= 11 is 3.31. The Labute approximate surface area is 101 Å². The molecule has 0 unspecified atom stereocenters. The van der Waals surface area contributed by atoms with Crippen molar-refractivity contribution in [2.75, 3.05) is 6.54 Å². The molecule has 2 nitrogen and oxygen atoms in total. The summed E-state index contributed by atoms with van der Waals surface area (Å²) in [5.74, 6) is 0.0394. The smallest absolute Gasteiger partial charge is 0.216 e. The lowest BCUT2D eigenvalue weighted by Crippen LogP contribution is -2.18. The van der Waals surface area contributed by atoms with Crippen molar-refractivity contribution in [1.82, 2.24) is 5.32 Å². The summed E-state index contributed by atoms with van der Waals surface area (Å²) < 4.78 is 1.13. The number of carbonyl (C=O) groups is 1. The summed E-state index contributed by atoms with van der Waals surface area (Å²) in [5, 5.41) is 2.57. The first kappa shape index (κ1) is 16.6. The van der Waals surface area contributed by atoms with Crippen LogP contribution >= 0.6 is 15.9 Å². The average Bonchev–Trinajstić information content (AvgIpc) is 2.22. The quantitative estimate of drug-likeness (QED) is 0.832. The third kappa shape index (κ3) is 15.9. The molecule has 0 aliphatic heterocycles. The van der Waals surface area contributed by atoms with Crippen molar-refractivity contribution in [3.05, 3.63) is 34.8 Å². The van der Waals surface area contributed by atoms with Gasteiger partial charge in [0.1, 0.15) is 0 Å². The molecule has 1 N–H and O–H groups in total. The van der Waals surface area contributed by atoms with Crippen LogP contribution in [0.25, 0.3) is 0 Å². The molecule has 0 aliphatic rings. The van der Waals surface area contributed by atoms with Gasteiger partial charge in [-0.25, -0.2) is 0 Å². The zero-order valence-corrected chi connectivity index (χ0v) is 11.5. The molecule has 0 radical (unpaired) electrons. The van der Waals surface area contributed by atoms with Gasteiger partial charge in [0.15, 0.2) is 0 Å². The molecule has 0 bridgehead atoms. The monoisotopic (exact) mass is 273 g/mol. The van der Waals surface area contributed by atoms with E-state index >= 15 is 0 Å². The van der Waals surface area contributed by atoms with E-state index in [-0.39, 0.29) is 5.91 Å². The fourth-order valence-electron chi connectivity index (χ4n) is 0.664. The first-order chi connectivity index (χ1) is 7.16. The Morgan fingerprint density at radius 1 is 1.27 bits per heavy atom. The van der Waals surface area contributed by atoms with Gasteiger partial charge < -0.3 is 5.32 Å². The summed E-state index contributed by atoms with van der Waals surface area (Å²) in [6, 6.07) is 9.97. The summed E-state index contributed by atoms with van der Waals surface area (Å²) in [6.07, 6.45) is 0. The second-order valence-electron chi connectivity index (χ2n) is 2.38. The predicted molar refractivity (Wildman–Crippen MR) is 69.8 cm³/mol. The maximum atomic E-state index is 9.93. The molecule has 0 atom stereocenters. The van der Waals surface area contributed by atoms with Crippen LogP contribution in [0.2, 0.25) is 0 Å². The number of benzene rings is 1. The lowest BCUT2D eigenvalue weighted by atomic mass is 10.4. The Kier molecular flexibility index (Phi) is 14.6. The number of carbonyl (C=O) groups excluding carboxylic acids is 1. The van der Waals surface area contributed by atoms with E-state index in [1.807, 2.05) is 51.1 Å². The molecule has 0 saturated carbocycles. The van der Waals surface area contributed by atoms with Crippen molar-refractivity contribution in [1.29, 1.82) is 0 Å². The molecule has 1 aromatic rings. The van der Waals surface area contributed by atoms with E-state index in [9.17, 15) is 4.79 Å². The molecular formula is C12H20BrNO. The number of amides is 1. The molecule has 86 valence electrons. The fraction of sp³-hybridized carbons (Fsp3) is 0.417. The van der Waals surface area contributed by atoms with Gasteiger partial charge >= 0.3 is 0 Å². The van der Waals surface area contributed by atoms with E-state index in [1.54, 1.807) is 0 Å². The predicted octanol–water partition coefficient (Wildman–Crippen LogP) is 3.62. The molecule has 0 aliphatic carbocycles. The average molecular weight is 274 g/mol. The third-order valence-corrected chi connectivity index (χ3v) is 1.69. The summed E-state index contributed by atoms with van der Waals surface area (Å²) in [4.78, 5) is 9.93. The normalized spacial score (nSPS) is 7.53. The van der Waals surface area contributed by atoms with E-state index in [2.05, 4.69) is 21.2 Å². The van der Waals surface area contributed by atoms with Gasteiger partial charge in [-0.15, -0.1) is 0 Å². The van der Waals surface area contributed by atoms with Crippen LogP contribution in [0.1, 0.15) is 27.7 Å². The summed E-state index contributed by atoms with van der Waals surface area (Å²) in [5.41, 5.74) is 0. The lowest BCUT2D eigenvalue weighted by Gasteiger charge is -1.88. The van der Waals surface area contributed by atoms with Gasteiger partial charge in [0.2, 0.25) is 5.91 Å². The highest BCUT2D eigenvalue weighted by atomic mass is 79.9. The van der Waals surface area contributed by atoms with Crippen molar-refractivity contribution in [2.45, 2.75) is 27.7 Å². The van der Waals surface area contributed by atoms with Crippen molar-refractivity contribution in [2.24, 2.45) is 0 Å². The Morgan fingerprint density at radius 2 is 1.73 bits per heavy atom. The number of hydrogen-bond donors (Lipinski definition) is 1. The highest BCUT2D eigenvalue weighted by Gasteiger charge is 1.79. The van der Waals surface area contributed by atoms with E-state index in [0.29, 0.717) is 0 Å². The topological polar surface area (TPSA) is 29.1 Å². The molecule has 1 aromatic carbocycles. The number of rotatable bonds is 1. The third-order valence-electron chi connectivity index (χ3n) is 1.16. The molecule has 0 aromatic heterocycles. The van der Waals surface area contributed by atoms with Gasteiger partial charge in [0, 0.05) is 17.9 Å². The maximum absolute atomic E-state index is 9.93. The molecule has 3 heteroatoms. The van der Waals surface area contributed by atoms with Crippen LogP contribution < -0.4 is 5.32 Å². The lowest BCUT2D eigenvalue weighted by molar-refractivity contribution is -0.118. The molecule has 0 saturated heterocycles. The van der Waals surface area contributed by atoms with E-state index in [4.69, 9.17) is 0 Å². The largest absolute Gasteiger partial charge is 0.357 e. The molecule has 0 fully saturated rings. The first-order valence-corrected chi connectivity index (χ1v) is 5.91. The summed E-state index contributed by atoms with van der Waals surface area (Å²) in [7, 11) is 0. The molecule has 0 spiro atoms. The van der Waals surface area contributed by atoms with Gasteiger partial charge in [-0.05, 0) is 19.1 Å². The Hall–Kier alpha value is -0.830. The molecule has 1 rings (SSSR count). The van der Waals surface area contributed by atoms with Gasteiger partial charge in [-0.2, -0.15) is 0 Å². The van der Waals surface area contributed by atoms with Crippen molar-refractivity contribution < 1.29 is 4.79 Å². The second-order valence-corrected chi connectivity index (χ2v) is 3.30. The van der Waals surface area contributed by atoms with E-state index in [0.717, 1.165) is 11.0 Å². The van der Waals surface area contributed by atoms with Gasteiger partial charge in [-0.1, -0.05) is 48.0 Å². The minimum atomic E-state index is 0.0394. The second kappa shape index (κ2) is 13.2. The van der Waals surface area contributed by atoms with Crippen molar-refractivity contribution in [3.8, 4) is 0 Å². The van der Waals surface area contributed by atoms with Crippen LogP contribution in [0.15, 0.2) is 34.8 Å². The SMILES string of the molecule is Brc1ccccc1.CC.CCNC(C)=O. The molecular weight excluding hydrogens is 254 g/mol. The first-order valence-electron chi connectivity index (χ1n) is 5.11. The zero-order valence-electron chi connectivity index (χ0n) is 9.88. The van der Waals surface area contributed by atoms with Crippen LogP contribution in [0.4, 0.5) is 0 Å².